The number of hydrogen-bond acceptors (Lipinski definition) is 3. The molecule has 0 N–H and O–H groups in total. The Labute approximate surface area is 102 Å². The lowest BCUT2D eigenvalue weighted by molar-refractivity contribution is 0.568. The minimum absolute atomic E-state index is 0. The maximum absolute atomic E-state index is 9.91. The van der Waals surface area contributed by atoms with Gasteiger partial charge in [0.2, 0.25) is 0 Å². The molecule has 0 atom stereocenters. The number of allylic oxidation sites excluding steroid dienone is 3. The maximum Gasteiger partial charge on any atom is 0.120 e. The largest absolute Gasteiger partial charge is 0.234 e. The van der Waals surface area contributed by atoms with E-state index in [0.717, 1.165) is 0 Å². The van der Waals surface area contributed by atoms with E-state index in [2.05, 4.69) is 0 Å². The van der Waals surface area contributed by atoms with E-state index in [0.29, 0.717) is 18.5 Å². The van der Waals surface area contributed by atoms with E-state index >= 15 is 0 Å². The molecule has 15 heavy (non-hydrogen) atoms. The Morgan fingerprint density at radius 3 is 1.20 bits per heavy atom. The van der Waals surface area contributed by atoms with E-state index < -0.39 is 7.92 Å². The molecule has 3 nitrogen and oxygen atoms in total. The van der Waals surface area contributed by atoms with Crippen LogP contribution in [0.25, 0.3) is 0 Å². The molecule has 0 saturated heterocycles. The highest BCUT2D eigenvalue weighted by molar-refractivity contribution is 7.58. The predicted molar refractivity (Wildman–Crippen MR) is 66.8 cm³/mol. The first-order valence-electron chi connectivity index (χ1n) is 3.65. The molecule has 0 spiro atoms. The van der Waals surface area contributed by atoms with Crippen molar-refractivity contribution in [3.05, 3.63) is 18.2 Å². The number of halogens is 2. The average molecular weight is 269 g/mol. The van der Waals surface area contributed by atoms with Crippen LogP contribution in [0.2, 0.25) is 0 Å². The third kappa shape index (κ3) is 13.4. The molecule has 0 aliphatic rings. The first-order valence-corrected chi connectivity index (χ1v) is 5.55. The minimum atomic E-state index is -0.532. The van der Waals surface area contributed by atoms with Crippen LogP contribution < -0.4 is 0 Å². The van der Waals surface area contributed by atoms with Crippen LogP contribution in [0.1, 0.15) is 0 Å². The van der Waals surface area contributed by atoms with Crippen molar-refractivity contribution >= 4 is 50.6 Å². The van der Waals surface area contributed by atoms with E-state index in [1.165, 1.54) is 18.2 Å². The van der Waals surface area contributed by atoms with Gasteiger partial charge in [0.1, 0.15) is 17.8 Å². The Bertz CT molecular complexity index is 240. The van der Waals surface area contributed by atoms with Gasteiger partial charge in [0.15, 0.2) is 0 Å². The average Bonchev–Trinajstić information content (AvgIpc) is 2.17. The topological polar surface area (TPSA) is 51.2 Å². The van der Waals surface area contributed by atoms with Crippen molar-refractivity contribution in [1.82, 2.24) is 0 Å². The van der Waals surface area contributed by atoms with Gasteiger partial charge < -0.3 is 0 Å². The van der Waals surface area contributed by atoms with E-state index in [1.807, 2.05) is 0 Å². The molecule has 0 aromatic heterocycles. The van der Waals surface area contributed by atoms with Gasteiger partial charge in [-0.25, -0.2) is 14.4 Å². The third-order valence-electron chi connectivity index (χ3n) is 1.30. The molecule has 84 valence electrons. The molecule has 0 aromatic carbocycles. The Morgan fingerprint density at radius 1 is 0.733 bits per heavy atom. The predicted octanol–water partition coefficient (Wildman–Crippen LogP) is 1.48. The monoisotopic (exact) mass is 268 g/mol. The second kappa shape index (κ2) is 15.8. The normalized spacial score (nSPS) is 8.80. The van der Waals surface area contributed by atoms with E-state index in [4.69, 9.17) is 0 Å². The first kappa shape index (κ1) is 19.9. The third-order valence-corrected chi connectivity index (χ3v) is 3.40. The zero-order chi connectivity index (χ0) is 9.94. The Balaban J connectivity index is -0.000000720. The summed E-state index contributed by atoms with van der Waals surface area (Å²) < 4.78 is 0. The summed E-state index contributed by atoms with van der Waals surface area (Å²) in [6.07, 6.45) is 5.87. The van der Waals surface area contributed by atoms with Gasteiger partial charge in [-0.05, 0) is 18.5 Å². The summed E-state index contributed by atoms with van der Waals surface area (Å²) in [7, 11) is -0.532. The van der Waals surface area contributed by atoms with Crippen LogP contribution in [0.5, 0.6) is 0 Å². The zero-order valence-corrected chi connectivity index (χ0v) is 10.4. The van der Waals surface area contributed by atoms with Gasteiger partial charge in [0, 0.05) is 18.2 Å². The summed E-state index contributed by atoms with van der Waals surface area (Å²) >= 11 is 0. The minimum Gasteiger partial charge on any atom is -0.234 e. The highest BCUT2D eigenvalue weighted by Gasteiger charge is 2.02. The fourth-order valence-electron chi connectivity index (χ4n) is 0.723. The summed E-state index contributed by atoms with van der Waals surface area (Å²) in [4.78, 5) is 29.7. The SMILES string of the molecule is Cl.Cl.O=C=CCP(CC=C=O)CC=C=O. The van der Waals surface area contributed by atoms with Crippen LogP contribution >= 0.6 is 32.7 Å². The number of hydrogen-bond donors (Lipinski definition) is 0. The molecule has 0 aromatic rings. The van der Waals surface area contributed by atoms with E-state index in [1.54, 1.807) is 17.8 Å². The molecule has 0 amide bonds. The quantitative estimate of drug-likeness (QED) is 0.542. The maximum atomic E-state index is 9.91. The fourth-order valence-corrected chi connectivity index (χ4v) is 2.17. The molecule has 0 radical (unpaired) electrons. The molecule has 0 rings (SSSR count). The van der Waals surface area contributed by atoms with Gasteiger partial charge in [-0.3, -0.25) is 0 Å². The molecule has 6 heteroatoms. The summed E-state index contributed by atoms with van der Waals surface area (Å²) in [5, 5.41) is 0. The summed E-state index contributed by atoms with van der Waals surface area (Å²) in [5.74, 6) is 5.00. The molecule has 0 heterocycles. The lowest BCUT2D eigenvalue weighted by Crippen LogP contribution is -1.89. The molecule has 0 bridgehead atoms. The molecular weight excluding hydrogens is 258 g/mol. The van der Waals surface area contributed by atoms with Crippen molar-refractivity contribution in [2.75, 3.05) is 18.5 Å². The lowest BCUT2D eigenvalue weighted by atomic mass is 10.7. The molecule has 0 aliphatic heterocycles. The Morgan fingerprint density at radius 2 is 1.00 bits per heavy atom. The van der Waals surface area contributed by atoms with Gasteiger partial charge >= 0.3 is 0 Å². The van der Waals surface area contributed by atoms with Gasteiger partial charge in [0.05, 0.1) is 0 Å². The van der Waals surface area contributed by atoms with Crippen LogP contribution in [0.15, 0.2) is 18.2 Å². The van der Waals surface area contributed by atoms with Crippen LogP contribution in [0, 0.1) is 0 Å². The van der Waals surface area contributed by atoms with Crippen LogP contribution in [0.4, 0.5) is 0 Å². The summed E-state index contributed by atoms with van der Waals surface area (Å²) in [5.41, 5.74) is 0. The fraction of sp³-hybridized carbons (Fsp3) is 0.333. The molecule has 0 saturated carbocycles. The van der Waals surface area contributed by atoms with E-state index in [-0.39, 0.29) is 24.8 Å². The van der Waals surface area contributed by atoms with Crippen molar-refractivity contribution in [3.8, 4) is 0 Å². The smallest absolute Gasteiger partial charge is 0.120 e. The van der Waals surface area contributed by atoms with Gasteiger partial charge in [0.25, 0.3) is 0 Å². The van der Waals surface area contributed by atoms with Crippen molar-refractivity contribution in [3.63, 3.8) is 0 Å². The van der Waals surface area contributed by atoms with Crippen molar-refractivity contribution in [1.29, 1.82) is 0 Å². The van der Waals surface area contributed by atoms with Crippen molar-refractivity contribution in [2.45, 2.75) is 0 Å². The first-order chi connectivity index (χ1) is 6.35. The number of carbonyl (C=O) groups excluding carboxylic acids is 3. The highest BCUT2D eigenvalue weighted by atomic mass is 35.5. The molecule has 0 unspecified atom stereocenters. The second-order valence-corrected chi connectivity index (χ2v) is 4.62. The second-order valence-electron chi connectivity index (χ2n) is 2.18. The Hall–Kier alpha value is -0.640. The highest BCUT2D eigenvalue weighted by Crippen LogP contribution is 2.34. The van der Waals surface area contributed by atoms with Crippen LogP contribution in [0.3, 0.4) is 0 Å². The zero-order valence-electron chi connectivity index (χ0n) is 7.84. The van der Waals surface area contributed by atoms with E-state index in [9.17, 15) is 14.4 Å². The lowest BCUT2D eigenvalue weighted by Gasteiger charge is -2.07. The number of rotatable bonds is 6. The molecule has 0 aliphatic carbocycles. The van der Waals surface area contributed by atoms with Gasteiger partial charge in [-0.1, -0.05) is 7.92 Å². The standard InChI is InChI=1S/C9H9O3P.2ClH/c10-4-1-7-13(8-2-5-11)9-3-6-12;;/h1-3H,7-9H2;2*1H. The van der Waals surface area contributed by atoms with Crippen molar-refractivity contribution < 1.29 is 14.4 Å². The summed E-state index contributed by atoms with van der Waals surface area (Å²) in [6, 6.07) is 0. The molecule has 0 fully saturated rings. The van der Waals surface area contributed by atoms with Crippen LogP contribution in [-0.4, -0.2) is 36.3 Å². The van der Waals surface area contributed by atoms with Gasteiger partial charge in [-0.15, -0.1) is 24.8 Å². The van der Waals surface area contributed by atoms with Gasteiger partial charge in [-0.2, -0.15) is 0 Å². The van der Waals surface area contributed by atoms with Crippen molar-refractivity contribution in [2.24, 2.45) is 0 Å². The van der Waals surface area contributed by atoms with Crippen LogP contribution in [-0.2, 0) is 14.4 Å². The summed E-state index contributed by atoms with van der Waals surface area (Å²) in [6.45, 7) is 0. The molecular formula is C9H11Cl2O3P. The Kier molecular flexibility index (Phi) is 20.9.